The van der Waals surface area contributed by atoms with Gasteiger partial charge in [-0.1, -0.05) is 6.07 Å². The molecule has 1 aromatic carbocycles. The molecule has 0 atom stereocenters. The van der Waals surface area contributed by atoms with E-state index >= 15 is 0 Å². The van der Waals surface area contributed by atoms with Crippen molar-refractivity contribution in [2.24, 2.45) is 0 Å². The zero-order chi connectivity index (χ0) is 18.6. The molecule has 5 rings (SSSR count). The summed E-state index contributed by atoms with van der Waals surface area (Å²) in [6.45, 7) is 0. The van der Waals surface area contributed by atoms with Crippen molar-refractivity contribution < 1.29 is 13.2 Å². The van der Waals surface area contributed by atoms with Crippen LogP contribution in [0.4, 0.5) is 10.5 Å². The summed E-state index contributed by atoms with van der Waals surface area (Å²) in [5.41, 5.74) is 6.49. The maximum Gasteiger partial charge on any atom is 0.346 e. The molecule has 3 aliphatic carbocycles. The fourth-order valence-corrected chi connectivity index (χ4v) is 5.12. The van der Waals surface area contributed by atoms with Gasteiger partial charge in [0.1, 0.15) is 0 Å². The van der Waals surface area contributed by atoms with Crippen LogP contribution in [0.15, 0.2) is 18.3 Å². The van der Waals surface area contributed by atoms with E-state index in [9.17, 15) is 13.2 Å². The highest BCUT2D eigenvalue weighted by Gasteiger charge is 2.29. The second-order valence-corrected chi connectivity index (χ2v) is 9.21. The molecule has 2 amide bonds. The highest BCUT2D eigenvalue weighted by atomic mass is 32.2. The molecule has 1 saturated carbocycles. The molecule has 0 aliphatic heterocycles. The molecule has 2 aromatic rings. The first-order valence-corrected chi connectivity index (χ1v) is 11.0. The number of benzene rings is 1. The van der Waals surface area contributed by atoms with Crippen molar-refractivity contribution in [3.05, 3.63) is 46.3 Å². The molecule has 2 N–H and O–H groups in total. The summed E-state index contributed by atoms with van der Waals surface area (Å²) < 4.78 is 27.9. The van der Waals surface area contributed by atoms with Crippen molar-refractivity contribution in [1.82, 2.24) is 13.9 Å². The second-order valence-electron chi connectivity index (χ2n) is 7.68. The molecule has 0 saturated heterocycles. The molecule has 1 aromatic heterocycles. The number of hydrogen-bond donors (Lipinski definition) is 2. The molecule has 0 spiro atoms. The van der Waals surface area contributed by atoms with Crippen molar-refractivity contribution in [2.75, 3.05) is 5.32 Å². The normalized spacial score (nSPS) is 18.2. The van der Waals surface area contributed by atoms with E-state index in [0.717, 1.165) is 66.8 Å². The number of nitrogens with one attached hydrogen (secondary N) is 2. The molecule has 142 valence electrons. The van der Waals surface area contributed by atoms with E-state index in [-0.39, 0.29) is 0 Å². The number of carbonyl (C=O) groups excluding carboxylic acids is 1. The number of amides is 2. The lowest BCUT2D eigenvalue weighted by atomic mass is 9.99. The Morgan fingerprint density at radius 2 is 1.74 bits per heavy atom. The Labute approximate surface area is 158 Å². The van der Waals surface area contributed by atoms with E-state index < -0.39 is 16.2 Å². The molecule has 8 heteroatoms. The maximum atomic E-state index is 12.5. The highest BCUT2D eigenvalue weighted by molar-refractivity contribution is 7.88. The third-order valence-electron chi connectivity index (χ3n) is 5.76. The first-order valence-electron chi connectivity index (χ1n) is 9.57. The molecule has 0 bridgehead atoms. The van der Waals surface area contributed by atoms with Gasteiger partial charge in [0, 0.05) is 17.8 Å². The van der Waals surface area contributed by atoms with Crippen LogP contribution in [-0.2, 0) is 35.9 Å². The number of urea groups is 1. The summed E-state index contributed by atoms with van der Waals surface area (Å²) in [5, 5.41) is 6.95. The van der Waals surface area contributed by atoms with E-state index in [2.05, 4.69) is 21.2 Å². The molecular weight excluding hydrogens is 364 g/mol. The molecule has 27 heavy (non-hydrogen) atoms. The number of fused-ring (bicyclic) bond motifs is 2. The van der Waals surface area contributed by atoms with Crippen molar-refractivity contribution in [1.29, 1.82) is 0 Å². The summed E-state index contributed by atoms with van der Waals surface area (Å²) in [4.78, 5) is 12.5. The molecular formula is C19H22N4O3S. The van der Waals surface area contributed by atoms with Gasteiger partial charge in [0.15, 0.2) is 0 Å². The zero-order valence-corrected chi connectivity index (χ0v) is 15.8. The summed E-state index contributed by atoms with van der Waals surface area (Å²) in [5.74, 6) is 0.352. The van der Waals surface area contributed by atoms with Gasteiger partial charge in [-0.05, 0) is 79.7 Å². The Morgan fingerprint density at radius 3 is 2.37 bits per heavy atom. The maximum absolute atomic E-state index is 12.5. The average molecular weight is 386 g/mol. The first kappa shape index (κ1) is 16.8. The van der Waals surface area contributed by atoms with Crippen LogP contribution in [0, 0.1) is 0 Å². The van der Waals surface area contributed by atoms with Crippen LogP contribution in [0.25, 0.3) is 0 Å². The Hall–Kier alpha value is -2.35. The van der Waals surface area contributed by atoms with E-state index in [1.54, 1.807) is 6.07 Å². The second kappa shape index (κ2) is 6.09. The van der Waals surface area contributed by atoms with Crippen LogP contribution in [0.3, 0.4) is 0 Å². The summed E-state index contributed by atoms with van der Waals surface area (Å²) in [6.07, 6.45) is 9.51. The topological polar surface area (TPSA) is 93.1 Å². The van der Waals surface area contributed by atoms with Crippen LogP contribution in [0.1, 0.15) is 59.5 Å². The van der Waals surface area contributed by atoms with Gasteiger partial charge in [0.05, 0.1) is 5.69 Å². The van der Waals surface area contributed by atoms with Crippen LogP contribution in [0.5, 0.6) is 0 Å². The predicted octanol–water partition coefficient (Wildman–Crippen LogP) is 2.65. The van der Waals surface area contributed by atoms with Crippen LogP contribution in [-0.4, -0.2) is 23.6 Å². The Balaban J connectivity index is 1.38. The van der Waals surface area contributed by atoms with Crippen molar-refractivity contribution in [3.8, 4) is 0 Å². The molecule has 7 nitrogen and oxygen atoms in total. The smallest absolute Gasteiger partial charge is 0.307 e. The van der Waals surface area contributed by atoms with Gasteiger partial charge in [0.2, 0.25) is 0 Å². The van der Waals surface area contributed by atoms with Gasteiger partial charge in [-0.15, -0.1) is 4.09 Å². The van der Waals surface area contributed by atoms with Gasteiger partial charge in [-0.25, -0.2) is 9.52 Å². The monoisotopic (exact) mass is 386 g/mol. The standard InChI is InChI=1S/C19H22N4O3S/c24-19(22-27(25,26)23-10-9-17(21-23)12-7-8-12)20-18-15-5-1-3-13(15)11-14-4-2-6-16(14)18/h9-12H,1-8H2,(H2,20,22,24). The quantitative estimate of drug-likeness (QED) is 0.845. The number of aryl methyl sites for hydroxylation is 2. The molecule has 1 heterocycles. The van der Waals surface area contributed by atoms with Gasteiger partial charge in [-0.3, -0.25) is 0 Å². The summed E-state index contributed by atoms with van der Waals surface area (Å²) in [7, 11) is -4.05. The largest absolute Gasteiger partial charge is 0.346 e. The third-order valence-corrected chi connectivity index (χ3v) is 6.90. The van der Waals surface area contributed by atoms with E-state index in [0.29, 0.717) is 5.92 Å². The lowest BCUT2D eigenvalue weighted by Gasteiger charge is -2.16. The first-order chi connectivity index (χ1) is 13.0. The minimum atomic E-state index is -4.05. The molecule has 0 unspecified atom stereocenters. The van der Waals surface area contributed by atoms with Crippen molar-refractivity contribution in [2.45, 2.75) is 57.3 Å². The number of nitrogens with zero attached hydrogens (tertiary/aromatic N) is 2. The Morgan fingerprint density at radius 1 is 1.07 bits per heavy atom. The van der Waals surface area contributed by atoms with Gasteiger partial charge in [0.25, 0.3) is 0 Å². The predicted molar refractivity (Wildman–Crippen MR) is 101 cm³/mol. The molecule has 1 fully saturated rings. The minimum absolute atomic E-state index is 0.352. The highest BCUT2D eigenvalue weighted by Crippen LogP contribution is 2.39. The lowest BCUT2D eigenvalue weighted by Crippen LogP contribution is -2.38. The van der Waals surface area contributed by atoms with Crippen molar-refractivity contribution in [3.63, 3.8) is 0 Å². The van der Waals surface area contributed by atoms with E-state index in [1.165, 1.54) is 28.5 Å². The van der Waals surface area contributed by atoms with E-state index in [1.807, 2.05) is 0 Å². The van der Waals surface area contributed by atoms with Crippen LogP contribution >= 0.6 is 0 Å². The van der Waals surface area contributed by atoms with Gasteiger partial charge in [-0.2, -0.15) is 13.5 Å². The van der Waals surface area contributed by atoms with Crippen LogP contribution in [0.2, 0.25) is 0 Å². The number of rotatable bonds is 4. The zero-order valence-electron chi connectivity index (χ0n) is 15.0. The Kier molecular flexibility index (Phi) is 3.79. The summed E-state index contributed by atoms with van der Waals surface area (Å²) in [6, 6.07) is 3.24. The van der Waals surface area contributed by atoms with Gasteiger partial charge >= 0.3 is 16.2 Å². The lowest BCUT2D eigenvalue weighted by molar-refractivity contribution is 0.256. The van der Waals surface area contributed by atoms with E-state index in [4.69, 9.17) is 0 Å². The molecule has 0 radical (unpaired) electrons. The minimum Gasteiger partial charge on any atom is -0.307 e. The third kappa shape index (κ3) is 3.01. The Bertz CT molecular complexity index is 1010. The fourth-order valence-electron chi connectivity index (χ4n) is 4.32. The fraction of sp³-hybridized carbons (Fsp3) is 0.474. The average Bonchev–Trinajstić information content (AvgIpc) is 3.05. The van der Waals surface area contributed by atoms with Crippen molar-refractivity contribution >= 4 is 21.9 Å². The number of anilines is 1. The number of aromatic nitrogens is 2. The van der Waals surface area contributed by atoms with Gasteiger partial charge < -0.3 is 5.32 Å². The number of hydrogen-bond acceptors (Lipinski definition) is 4. The SMILES string of the molecule is O=C(Nc1c2c(cc3c1CCC3)CCC2)NS(=O)(=O)n1ccc(C2CC2)n1. The molecule has 3 aliphatic rings. The van der Waals surface area contributed by atoms with Crippen LogP contribution < -0.4 is 10.0 Å². The summed E-state index contributed by atoms with van der Waals surface area (Å²) >= 11 is 0. The number of carbonyl (C=O) groups is 1.